The van der Waals surface area contributed by atoms with Crippen molar-refractivity contribution in [3.63, 3.8) is 0 Å². The van der Waals surface area contributed by atoms with Gasteiger partial charge >= 0.3 is 0 Å². The van der Waals surface area contributed by atoms with Crippen LogP contribution in [-0.2, 0) is 4.79 Å². The second-order valence-electron chi connectivity index (χ2n) is 4.60. The van der Waals surface area contributed by atoms with Crippen molar-refractivity contribution in [2.45, 2.75) is 39.2 Å². The third kappa shape index (κ3) is 2.44. The number of hydrogen-bond acceptors (Lipinski definition) is 4. The van der Waals surface area contributed by atoms with E-state index < -0.39 is 0 Å². The van der Waals surface area contributed by atoms with E-state index >= 15 is 0 Å². The van der Waals surface area contributed by atoms with Gasteiger partial charge in [0.15, 0.2) is 5.82 Å². The molecule has 1 amide bonds. The largest absolute Gasteiger partial charge is 0.373 e. The van der Waals surface area contributed by atoms with Crippen molar-refractivity contribution < 1.29 is 4.79 Å². The van der Waals surface area contributed by atoms with Crippen LogP contribution < -0.4 is 5.32 Å². The van der Waals surface area contributed by atoms with Crippen LogP contribution in [0.1, 0.15) is 43.7 Å². The molecular formula is C13H20N4O. The lowest BCUT2D eigenvalue weighted by atomic mass is 10.2. The number of rotatable bonds is 3. The van der Waals surface area contributed by atoms with Gasteiger partial charge in [-0.25, -0.2) is 9.97 Å². The molecule has 98 valence electrons. The lowest BCUT2D eigenvalue weighted by Gasteiger charge is -2.23. The Morgan fingerprint density at radius 2 is 2.33 bits per heavy atom. The minimum Gasteiger partial charge on any atom is -0.373 e. The summed E-state index contributed by atoms with van der Waals surface area (Å²) in [6.07, 6.45) is 2.53. The zero-order valence-corrected chi connectivity index (χ0v) is 11.2. The van der Waals surface area contributed by atoms with Crippen LogP contribution in [0.5, 0.6) is 0 Å². The third-order valence-electron chi connectivity index (χ3n) is 3.30. The smallest absolute Gasteiger partial charge is 0.222 e. The number of aryl methyl sites for hydroxylation is 1. The van der Waals surface area contributed by atoms with E-state index in [0.29, 0.717) is 6.42 Å². The van der Waals surface area contributed by atoms with Gasteiger partial charge in [0.1, 0.15) is 5.82 Å². The molecular weight excluding hydrogens is 228 g/mol. The minimum absolute atomic E-state index is 0.0458. The highest BCUT2D eigenvalue weighted by atomic mass is 16.2. The maximum Gasteiger partial charge on any atom is 0.222 e. The Hall–Kier alpha value is -1.65. The first-order valence-corrected chi connectivity index (χ1v) is 6.48. The van der Waals surface area contributed by atoms with E-state index in [4.69, 9.17) is 0 Å². The Balaban J connectivity index is 2.29. The van der Waals surface area contributed by atoms with Crippen molar-refractivity contribution in [2.24, 2.45) is 0 Å². The first-order valence-electron chi connectivity index (χ1n) is 6.48. The number of nitrogens with zero attached hydrogens (tertiary/aromatic N) is 3. The maximum atomic E-state index is 11.9. The number of carbonyl (C=O) groups is 1. The lowest BCUT2D eigenvalue weighted by Crippen LogP contribution is -2.31. The Morgan fingerprint density at radius 1 is 1.56 bits per heavy atom. The molecule has 1 aliphatic rings. The summed E-state index contributed by atoms with van der Waals surface area (Å²) in [5.41, 5.74) is 0.931. The van der Waals surface area contributed by atoms with Crippen molar-refractivity contribution in [1.82, 2.24) is 14.9 Å². The second-order valence-corrected chi connectivity index (χ2v) is 4.60. The van der Waals surface area contributed by atoms with Gasteiger partial charge in [-0.3, -0.25) is 4.79 Å². The average Bonchev–Trinajstić information content (AvgIpc) is 2.86. The van der Waals surface area contributed by atoms with Crippen molar-refractivity contribution in [1.29, 1.82) is 0 Å². The Bertz CT molecular complexity index is 447. The van der Waals surface area contributed by atoms with Gasteiger partial charge in [0.05, 0.1) is 6.04 Å². The molecule has 0 bridgehead atoms. The van der Waals surface area contributed by atoms with E-state index in [9.17, 15) is 4.79 Å². The van der Waals surface area contributed by atoms with Crippen LogP contribution >= 0.6 is 0 Å². The Morgan fingerprint density at radius 3 is 3.00 bits per heavy atom. The molecule has 0 aliphatic carbocycles. The predicted octanol–water partition coefficient (Wildman–Crippen LogP) is 1.90. The van der Waals surface area contributed by atoms with Gasteiger partial charge in [-0.2, -0.15) is 0 Å². The summed E-state index contributed by atoms with van der Waals surface area (Å²) in [6, 6.07) is 1.95. The Kier molecular flexibility index (Phi) is 3.79. The molecule has 0 saturated carbocycles. The SMILES string of the molecule is CCC(=O)N1CCC[C@H]1c1nc(C)cc(NC)n1. The molecule has 0 radical (unpaired) electrons. The molecule has 1 N–H and O–H groups in total. The van der Waals surface area contributed by atoms with Gasteiger partial charge in [-0.15, -0.1) is 0 Å². The molecule has 1 atom stereocenters. The van der Waals surface area contributed by atoms with Gasteiger partial charge in [0.2, 0.25) is 5.91 Å². The number of anilines is 1. The maximum absolute atomic E-state index is 11.9. The monoisotopic (exact) mass is 248 g/mol. The van der Waals surface area contributed by atoms with Crippen LogP contribution in [-0.4, -0.2) is 34.4 Å². The summed E-state index contributed by atoms with van der Waals surface area (Å²) < 4.78 is 0. The van der Waals surface area contributed by atoms with E-state index in [1.165, 1.54) is 0 Å². The molecule has 5 nitrogen and oxygen atoms in total. The molecule has 1 fully saturated rings. The zero-order chi connectivity index (χ0) is 13.1. The lowest BCUT2D eigenvalue weighted by molar-refractivity contribution is -0.131. The van der Waals surface area contributed by atoms with E-state index in [0.717, 1.165) is 36.7 Å². The third-order valence-corrected chi connectivity index (χ3v) is 3.30. The zero-order valence-electron chi connectivity index (χ0n) is 11.2. The number of hydrogen-bond donors (Lipinski definition) is 1. The molecule has 2 heterocycles. The summed E-state index contributed by atoms with van der Waals surface area (Å²) in [7, 11) is 1.84. The molecule has 18 heavy (non-hydrogen) atoms. The molecule has 5 heteroatoms. The van der Waals surface area contributed by atoms with Crippen molar-refractivity contribution in [3.8, 4) is 0 Å². The highest BCUT2D eigenvalue weighted by Crippen LogP contribution is 2.30. The van der Waals surface area contributed by atoms with Crippen LogP contribution in [0.4, 0.5) is 5.82 Å². The van der Waals surface area contributed by atoms with Gasteiger partial charge in [0, 0.05) is 31.8 Å². The van der Waals surface area contributed by atoms with Gasteiger partial charge in [-0.1, -0.05) is 6.92 Å². The second kappa shape index (κ2) is 5.33. The van der Waals surface area contributed by atoms with Gasteiger partial charge < -0.3 is 10.2 Å². The highest BCUT2D eigenvalue weighted by Gasteiger charge is 2.31. The summed E-state index contributed by atoms with van der Waals surface area (Å²) in [5.74, 6) is 1.76. The van der Waals surface area contributed by atoms with Crippen molar-refractivity contribution in [2.75, 3.05) is 18.9 Å². The molecule has 1 aliphatic heterocycles. The molecule has 0 spiro atoms. The van der Waals surface area contributed by atoms with Crippen LogP contribution in [0.3, 0.4) is 0 Å². The van der Waals surface area contributed by atoms with E-state index in [1.807, 2.05) is 31.9 Å². The molecule has 1 aromatic heterocycles. The molecule has 1 aromatic rings. The van der Waals surface area contributed by atoms with Gasteiger partial charge in [0.25, 0.3) is 0 Å². The summed E-state index contributed by atoms with van der Waals surface area (Å²) in [4.78, 5) is 22.8. The molecule has 1 saturated heterocycles. The fourth-order valence-electron chi connectivity index (χ4n) is 2.41. The molecule has 2 rings (SSSR count). The van der Waals surface area contributed by atoms with Gasteiger partial charge in [-0.05, 0) is 19.8 Å². The Labute approximate surface area is 108 Å². The van der Waals surface area contributed by atoms with E-state index in [-0.39, 0.29) is 11.9 Å². The number of likely N-dealkylation sites (tertiary alicyclic amines) is 1. The first kappa shape index (κ1) is 12.8. The standard InChI is InChI=1S/C13H20N4O/c1-4-12(18)17-7-5-6-10(17)13-15-9(2)8-11(14-3)16-13/h8,10H,4-7H2,1-3H3,(H,14,15,16)/t10-/m0/s1. The fourth-order valence-corrected chi connectivity index (χ4v) is 2.41. The van der Waals surface area contributed by atoms with Crippen LogP contribution in [0.25, 0.3) is 0 Å². The first-order chi connectivity index (χ1) is 8.65. The summed E-state index contributed by atoms with van der Waals surface area (Å²) in [5, 5.41) is 3.04. The van der Waals surface area contributed by atoms with Crippen molar-refractivity contribution >= 4 is 11.7 Å². The highest BCUT2D eigenvalue weighted by molar-refractivity contribution is 5.76. The normalized spacial score (nSPS) is 19.1. The number of carbonyl (C=O) groups excluding carboxylic acids is 1. The number of nitrogens with one attached hydrogen (secondary N) is 1. The quantitative estimate of drug-likeness (QED) is 0.887. The van der Waals surface area contributed by atoms with Crippen LogP contribution in [0.15, 0.2) is 6.07 Å². The predicted molar refractivity (Wildman–Crippen MR) is 70.3 cm³/mol. The molecule has 0 unspecified atom stereocenters. The fraction of sp³-hybridized carbons (Fsp3) is 0.615. The average molecular weight is 248 g/mol. The van der Waals surface area contributed by atoms with E-state index in [2.05, 4.69) is 15.3 Å². The summed E-state index contributed by atoms with van der Waals surface area (Å²) >= 11 is 0. The van der Waals surface area contributed by atoms with Crippen LogP contribution in [0, 0.1) is 6.92 Å². The number of amides is 1. The van der Waals surface area contributed by atoms with E-state index in [1.54, 1.807) is 0 Å². The number of aromatic nitrogens is 2. The van der Waals surface area contributed by atoms with Crippen molar-refractivity contribution in [3.05, 3.63) is 17.6 Å². The molecule has 0 aromatic carbocycles. The topological polar surface area (TPSA) is 58.1 Å². The minimum atomic E-state index is 0.0458. The summed E-state index contributed by atoms with van der Waals surface area (Å²) in [6.45, 7) is 4.67. The van der Waals surface area contributed by atoms with Crippen LogP contribution in [0.2, 0.25) is 0 Å².